The Labute approximate surface area is 101 Å². The molecule has 1 aromatic carbocycles. The SMILES string of the molecule is CNCCC#Cc1ccccc1OCC(=O)O. The van der Waals surface area contributed by atoms with E-state index in [1.807, 2.05) is 19.2 Å². The molecule has 0 spiro atoms. The van der Waals surface area contributed by atoms with Crippen molar-refractivity contribution in [3.8, 4) is 17.6 Å². The Morgan fingerprint density at radius 1 is 1.47 bits per heavy atom. The van der Waals surface area contributed by atoms with Gasteiger partial charge in [-0.2, -0.15) is 0 Å². The molecule has 0 heterocycles. The molecule has 90 valence electrons. The molecule has 0 aliphatic rings. The number of hydrogen-bond donors (Lipinski definition) is 2. The molecule has 2 N–H and O–H groups in total. The van der Waals surface area contributed by atoms with Gasteiger partial charge in [0, 0.05) is 13.0 Å². The second-order valence-corrected chi connectivity index (χ2v) is 3.33. The smallest absolute Gasteiger partial charge is 0.341 e. The number of carboxylic acids is 1. The zero-order valence-corrected chi connectivity index (χ0v) is 9.69. The fourth-order valence-electron chi connectivity index (χ4n) is 1.18. The van der Waals surface area contributed by atoms with Crippen LogP contribution in [0.1, 0.15) is 12.0 Å². The number of para-hydroxylation sites is 1. The van der Waals surface area contributed by atoms with E-state index in [1.165, 1.54) is 0 Å². The van der Waals surface area contributed by atoms with E-state index in [-0.39, 0.29) is 6.61 Å². The molecule has 0 radical (unpaired) electrons. The predicted octanol–water partition coefficient (Wildman–Crippen LogP) is 1.11. The molecule has 0 aliphatic heterocycles. The van der Waals surface area contributed by atoms with Gasteiger partial charge in [-0.3, -0.25) is 0 Å². The van der Waals surface area contributed by atoms with Crippen molar-refractivity contribution in [1.82, 2.24) is 5.32 Å². The van der Waals surface area contributed by atoms with Crippen LogP contribution >= 0.6 is 0 Å². The third kappa shape index (κ3) is 5.05. The molecule has 17 heavy (non-hydrogen) atoms. The minimum absolute atomic E-state index is 0.352. The summed E-state index contributed by atoms with van der Waals surface area (Å²) >= 11 is 0. The van der Waals surface area contributed by atoms with Crippen molar-refractivity contribution in [2.24, 2.45) is 0 Å². The Hall–Kier alpha value is -1.99. The molecule has 0 atom stereocenters. The first-order valence-corrected chi connectivity index (χ1v) is 5.31. The fraction of sp³-hybridized carbons (Fsp3) is 0.308. The van der Waals surface area contributed by atoms with Crippen LogP contribution in [0.2, 0.25) is 0 Å². The van der Waals surface area contributed by atoms with Crippen molar-refractivity contribution in [3.63, 3.8) is 0 Å². The summed E-state index contributed by atoms with van der Waals surface area (Å²) < 4.78 is 5.14. The molecule has 0 aliphatic carbocycles. The quantitative estimate of drug-likeness (QED) is 0.591. The van der Waals surface area contributed by atoms with Crippen LogP contribution in [-0.2, 0) is 4.79 Å². The second kappa shape index (κ2) is 7.31. The van der Waals surface area contributed by atoms with Gasteiger partial charge in [-0.05, 0) is 19.2 Å². The normalized spacial score (nSPS) is 9.24. The minimum atomic E-state index is -0.997. The summed E-state index contributed by atoms with van der Waals surface area (Å²) in [6.07, 6.45) is 0.740. The molecule has 0 bridgehead atoms. The monoisotopic (exact) mass is 233 g/mol. The molecule has 4 heteroatoms. The minimum Gasteiger partial charge on any atom is -0.481 e. The molecular formula is C13H15NO3. The van der Waals surface area contributed by atoms with Gasteiger partial charge >= 0.3 is 5.97 Å². The van der Waals surface area contributed by atoms with Gasteiger partial charge in [-0.25, -0.2) is 4.79 Å². The summed E-state index contributed by atoms with van der Waals surface area (Å²) in [4.78, 5) is 10.4. The van der Waals surface area contributed by atoms with Crippen LogP contribution in [0.3, 0.4) is 0 Å². The third-order valence-corrected chi connectivity index (χ3v) is 1.96. The van der Waals surface area contributed by atoms with Crippen LogP contribution in [0.4, 0.5) is 0 Å². The lowest BCUT2D eigenvalue weighted by Gasteiger charge is -2.04. The zero-order valence-electron chi connectivity index (χ0n) is 9.69. The number of aliphatic carboxylic acids is 1. The molecule has 0 saturated carbocycles. The molecule has 0 saturated heterocycles. The maximum atomic E-state index is 10.4. The summed E-state index contributed by atoms with van der Waals surface area (Å²) in [6, 6.07) is 7.15. The van der Waals surface area contributed by atoms with Crippen molar-refractivity contribution in [1.29, 1.82) is 0 Å². The number of nitrogens with one attached hydrogen (secondary N) is 1. The van der Waals surface area contributed by atoms with Gasteiger partial charge in [0.2, 0.25) is 0 Å². The lowest BCUT2D eigenvalue weighted by Crippen LogP contribution is -2.10. The van der Waals surface area contributed by atoms with Crippen LogP contribution in [-0.4, -0.2) is 31.3 Å². The lowest BCUT2D eigenvalue weighted by molar-refractivity contribution is -0.139. The highest BCUT2D eigenvalue weighted by molar-refractivity contribution is 5.68. The van der Waals surface area contributed by atoms with Crippen LogP contribution < -0.4 is 10.1 Å². The first-order valence-electron chi connectivity index (χ1n) is 5.31. The molecule has 1 rings (SSSR count). The van der Waals surface area contributed by atoms with Gasteiger partial charge in [0.05, 0.1) is 5.56 Å². The Morgan fingerprint density at radius 2 is 2.24 bits per heavy atom. The van der Waals surface area contributed by atoms with Crippen LogP contribution in [0, 0.1) is 11.8 Å². The Morgan fingerprint density at radius 3 is 2.94 bits per heavy atom. The highest BCUT2D eigenvalue weighted by Crippen LogP contribution is 2.16. The van der Waals surface area contributed by atoms with Gasteiger partial charge in [-0.1, -0.05) is 24.0 Å². The molecule has 0 amide bonds. The van der Waals surface area contributed by atoms with Crippen molar-refractivity contribution >= 4 is 5.97 Å². The maximum absolute atomic E-state index is 10.4. The van der Waals surface area contributed by atoms with E-state index < -0.39 is 5.97 Å². The highest BCUT2D eigenvalue weighted by Gasteiger charge is 2.02. The van der Waals surface area contributed by atoms with E-state index in [1.54, 1.807) is 12.1 Å². The molecule has 0 fully saturated rings. The molecule has 4 nitrogen and oxygen atoms in total. The Balaban J connectivity index is 2.69. The Bertz CT molecular complexity index is 432. The van der Waals surface area contributed by atoms with Crippen LogP contribution in [0.15, 0.2) is 24.3 Å². The summed E-state index contributed by atoms with van der Waals surface area (Å²) in [6.45, 7) is 0.473. The zero-order chi connectivity index (χ0) is 12.5. The number of hydrogen-bond acceptors (Lipinski definition) is 3. The summed E-state index contributed by atoms with van der Waals surface area (Å²) in [5.41, 5.74) is 0.713. The van der Waals surface area contributed by atoms with Crippen molar-refractivity contribution in [2.75, 3.05) is 20.2 Å². The number of benzene rings is 1. The maximum Gasteiger partial charge on any atom is 0.341 e. The van der Waals surface area contributed by atoms with Crippen LogP contribution in [0.5, 0.6) is 5.75 Å². The van der Waals surface area contributed by atoms with E-state index in [0.717, 1.165) is 13.0 Å². The number of carboxylic acid groups (broad SMARTS) is 1. The number of rotatable bonds is 5. The fourth-order valence-corrected chi connectivity index (χ4v) is 1.18. The molecule has 1 aromatic rings. The van der Waals surface area contributed by atoms with E-state index in [2.05, 4.69) is 17.2 Å². The summed E-state index contributed by atoms with van der Waals surface area (Å²) in [5, 5.41) is 11.5. The van der Waals surface area contributed by atoms with E-state index in [0.29, 0.717) is 11.3 Å². The third-order valence-electron chi connectivity index (χ3n) is 1.96. The second-order valence-electron chi connectivity index (χ2n) is 3.33. The lowest BCUT2D eigenvalue weighted by atomic mass is 10.2. The Kier molecular flexibility index (Phi) is 5.62. The van der Waals surface area contributed by atoms with Gasteiger partial charge in [0.25, 0.3) is 0 Å². The van der Waals surface area contributed by atoms with Gasteiger partial charge in [0.1, 0.15) is 5.75 Å². The highest BCUT2D eigenvalue weighted by atomic mass is 16.5. The average molecular weight is 233 g/mol. The summed E-state index contributed by atoms with van der Waals surface area (Å²) in [5.74, 6) is 5.46. The molecular weight excluding hydrogens is 218 g/mol. The largest absolute Gasteiger partial charge is 0.481 e. The molecule has 0 aromatic heterocycles. The average Bonchev–Trinajstić information content (AvgIpc) is 2.33. The predicted molar refractivity (Wildman–Crippen MR) is 65.0 cm³/mol. The van der Waals surface area contributed by atoms with E-state index in [9.17, 15) is 4.79 Å². The van der Waals surface area contributed by atoms with E-state index >= 15 is 0 Å². The van der Waals surface area contributed by atoms with Crippen molar-refractivity contribution in [3.05, 3.63) is 29.8 Å². The first-order chi connectivity index (χ1) is 8.24. The number of ether oxygens (including phenoxy) is 1. The van der Waals surface area contributed by atoms with Crippen molar-refractivity contribution < 1.29 is 14.6 Å². The van der Waals surface area contributed by atoms with Crippen molar-refractivity contribution in [2.45, 2.75) is 6.42 Å². The topological polar surface area (TPSA) is 58.6 Å². The van der Waals surface area contributed by atoms with Crippen LogP contribution in [0.25, 0.3) is 0 Å². The molecule has 0 unspecified atom stereocenters. The van der Waals surface area contributed by atoms with Gasteiger partial charge in [-0.15, -0.1) is 0 Å². The standard InChI is InChI=1S/C13H15NO3/c1-14-9-5-4-7-11-6-2-3-8-12(11)17-10-13(15)16/h2-3,6,8,14H,5,9-10H2,1H3,(H,15,16). The van der Waals surface area contributed by atoms with E-state index in [4.69, 9.17) is 9.84 Å². The summed E-state index contributed by atoms with van der Waals surface area (Å²) in [7, 11) is 1.87. The number of carbonyl (C=O) groups is 1. The van der Waals surface area contributed by atoms with Gasteiger partial charge < -0.3 is 15.2 Å². The first kappa shape index (κ1) is 13.1. The van der Waals surface area contributed by atoms with Gasteiger partial charge in [0.15, 0.2) is 6.61 Å².